The number of carbonyl (C=O) groups excluding carboxylic acids is 2. The lowest BCUT2D eigenvalue weighted by Crippen LogP contribution is -2.50. The minimum absolute atomic E-state index is 0.0127. The Morgan fingerprint density at radius 1 is 1.07 bits per heavy atom. The summed E-state index contributed by atoms with van der Waals surface area (Å²) in [6.07, 6.45) is 1.02. The van der Waals surface area contributed by atoms with E-state index in [2.05, 4.69) is 11.9 Å². The van der Waals surface area contributed by atoms with Gasteiger partial charge in [-0.2, -0.15) is 13.2 Å². The Bertz CT molecular complexity index is 766. The Kier molecular flexibility index (Phi) is 5.76. The van der Waals surface area contributed by atoms with Gasteiger partial charge in [-0.05, 0) is 36.8 Å². The highest BCUT2D eigenvalue weighted by Gasteiger charge is 2.32. The smallest absolute Gasteiger partial charge is 0.368 e. The first kappa shape index (κ1) is 20.0. The molecule has 1 heterocycles. The van der Waals surface area contributed by atoms with Crippen LogP contribution in [0.1, 0.15) is 12.0 Å². The van der Waals surface area contributed by atoms with Crippen LogP contribution in [0.3, 0.4) is 0 Å². The maximum Gasteiger partial charge on any atom is 0.416 e. The normalized spacial score (nSPS) is 22.2. The molecule has 0 spiro atoms. The van der Waals surface area contributed by atoms with E-state index in [1.165, 1.54) is 18.2 Å². The van der Waals surface area contributed by atoms with E-state index in [0.29, 0.717) is 38.3 Å². The number of nitrogens with zero attached hydrogens (tertiary/aromatic N) is 2. The van der Waals surface area contributed by atoms with Crippen LogP contribution < -0.4 is 10.2 Å². The van der Waals surface area contributed by atoms with Gasteiger partial charge in [0.1, 0.15) is 0 Å². The zero-order valence-electron chi connectivity index (χ0n) is 15.3. The minimum Gasteiger partial charge on any atom is -0.368 e. The maximum atomic E-state index is 12.7. The molecule has 1 N–H and O–H groups in total. The molecule has 28 heavy (non-hydrogen) atoms. The highest BCUT2D eigenvalue weighted by Crippen LogP contribution is 2.31. The fourth-order valence-corrected chi connectivity index (χ4v) is 3.51. The molecule has 1 aromatic carbocycles. The second-order valence-electron chi connectivity index (χ2n) is 6.90. The molecule has 1 saturated heterocycles. The number of piperazine rings is 1. The molecule has 5 nitrogen and oxygen atoms in total. The number of nitrogens with one attached hydrogen (secondary N) is 1. The number of hydrogen-bond donors (Lipinski definition) is 1. The quantitative estimate of drug-likeness (QED) is 0.632. The van der Waals surface area contributed by atoms with Gasteiger partial charge in [-0.25, -0.2) is 0 Å². The van der Waals surface area contributed by atoms with Gasteiger partial charge in [-0.3, -0.25) is 9.59 Å². The Labute approximate surface area is 161 Å². The van der Waals surface area contributed by atoms with Crippen molar-refractivity contribution in [1.82, 2.24) is 10.2 Å². The van der Waals surface area contributed by atoms with Crippen LogP contribution >= 0.6 is 0 Å². The number of alkyl halides is 3. The Morgan fingerprint density at radius 2 is 1.71 bits per heavy atom. The molecule has 2 atom stereocenters. The zero-order valence-corrected chi connectivity index (χ0v) is 15.3. The number of amides is 2. The first-order valence-electron chi connectivity index (χ1n) is 9.10. The number of benzene rings is 1. The van der Waals surface area contributed by atoms with Gasteiger partial charge in [-0.1, -0.05) is 18.7 Å². The van der Waals surface area contributed by atoms with Crippen molar-refractivity contribution in [3.63, 3.8) is 0 Å². The maximum absolute atomic E-state index is 12.7. The highest BCUT2D eigenvalue weighted by molar-refractivity contribution is 5.87. The molecular formula is C20H22F3N3O2. The third-order valence-electron chi connectivity index (χ3n) is 5.06. The number of halogens is 3. The SMILES string of the molecule is C=CC(=O)N[C@H]1C=C[C@@H](C(=O)N2CCN(c3ccc(C(F)(F)F)cc3)CC2)C1. The molecule has 1 aliphatic carbocycles. The van der Waals surface area contributed by atoms with Crippen molar-refractivity contribution in [2.24, 2.45) is 5.92 Å². The lowest BCUT2D eigenvalue weighted by atomic mass is 10.1. The average molecular weight is 393 g/mol. The summed E-state index contributed by atoms with van der Waals surface area (Å²) in [6, 6.07) is 4.91. The molecule has 0 bridgehead atoms. The molecule has 2 aliphatic rings. The molecule has 1 aromatic rings. The van der Waals surface area contributed by atoms with Crippen LogP contribution in [0, 0.1) is 5.92 Å². The summed E-state index contributed by atoms with van der Waals surface area (Å²) in [5, 5.41) is 2.76. The topological polar surface area (TPSA) is 52.7 Å². The van der Waals surface area contributed by atoms with Crippen LogP contribution in [0.2, 0.25) is 0 Å². The van der Waals surface area contributed by atoms with Crippen LogP contribution in [0.15, 0.2) is 49.1 Å². The number of hydrogen-bond acceptors (Lipinski definition) is 3. The van der Waals surface area contributed by atoms with E-state index < -0.39 is 11.7 Å². The lowest BCUT2D eigenvalue weighted by molar-refractivity contribution is -0.137. The van der Waals surface area contributed by atoms with Gasteiger partial charge in [-0.15, -0.1) is 0 Å². The summed E-state index contributed by atoms with van der Waals surface area (Å²) in [5.74, 6) is -0.528. The van der Waals surface area contributed by atoms with Crippen LogP contribution in [0.5, 0.6) is 0 Å². The number of carbonyl (C=O) groups is 2. The molecule has 2 amide bonds. The van der Waals surface area contributed by atoms with Gasteiger partial charge < -0.3 is 15.1 Å². The molecule has 1 fully saturated rings. The molecule has 150 valence electrons. The van der Waals surface area contributed by atoms with E-state index in [1.54, 1.807) is 4.90 Å². The van der Waals surface area contributed by atoms with E-state index in [-0.39, 0.29) is 23.8 Å². The fraction of sp³-hybridized carbons (Fsp3) is 0.400. The Hall–Kier alpha value is -2.77. The lowest BCUT2D eigenvalue weighted by Gasteiger charge is -2.37. The van der Waals surface area contributed by atoms with E-state index >= 15 is 0 Å². The molecule has 0 saturated carbocycles. The summed E-state index contributed by atoms with van der Waals surface area (Å²) in [4.78, 5) is 27.8. The summed E-state index contributed by atoms with van der Waals surface area (Å²) >= 11 is 0. The molecule has 3 rings (SSSR count). The summed E-state index contributed by atoms with van der Waals surface area (Å²) in [5.41, 5.74) is 0.0456. The third-order valence-corrected chi connectivity index (χ3v) is 5.06. The summed E-state index contributed by atoms with van der Waals surface area (Å²) < 4.78 is 38.0. The summed E-state index contributed by atoms with van der Waals surface area (Å²) in [6.45, 7) is 5.54. The van der Waals surface area contributed by atoms with E-state index in [1.807, 2.05) is 17.1 Å². The molecule has 1 aliphatic heterocycles. The monoisotopic (exact) mass is 393 g/mol. The van der Waals surface area contributed by atoms with Gasteiger partial charge in [0.2, 0.25) is 11.8 Å². The Balaban J connectivity index is 1.51. The highest BCUT2D eigenvalue weighted by atomic mass is 19.4. The fourth-order valence-electron chi connectivity index (χ4n) is 3.51. The van der Waals surface area contributed by atoms with Gasteiger partial charge in [0.15, 0.2) is 0 Å². The third kappa shape index (κ3) is 4.55. The van der Waals surface area contributed by atoms with Gasteiger partial charge >= 0.3 is 6.18 Å². The molecule has 0 unspecified atom stereocenters. The second kappa shape index (κ2) is 8.08. The van der Waals surface area contributed by atoms with Crippen molar-refractivity contribution < 1.29 is 22.8 Å². The van der Waals surface area contributed by atoms with Crippen LogP contribution in [-0.4, -0.2) is 48.9 Å². The van der Waals surface area contributed by atoms with E-state index in [0.717, 1.165) is 12.1 Å². The largest absolute Gasteiger partial charge is 0.416 e. The number of anilines is 1. The second-order valence-corrected chi connectivity index (χ2v) is 6.90. The van der Waals surface area contributed by atoms with Crippen LogP contribution in [0.25, 0.3) is 0 Å². The Morgan fingerprint density at radius 3 is 2.29 bits per heavy atom. The molecule has 0 aromatic heterocycles. The van der Waals surface area contributed by atoms with Gasteiger partial charge in [0, 0.05) is 37.9 Å². The van der Waals surface area contributed by atoms with Crippen LogP contribution in [-0.2, 0) is 15.8 Å². The van der Waals surface area contributed by atoms with Crippen molar-refractivity contribution in [2.75, 3.05) is 31.1 Å². The van der Waals surface area contributed by atoms with Crippen molar-refractivity contribution in [3.8, 4) is 0 Å². The van der Waals surface area contributed by atoms with Crippen molar-refractivity contribution in [3.05, 3.63) is 54.6 Å². The standard InChI is InChI=1S/C20H22F3N3O2/c1-2-18(27)24-16-6-3-14(13-16)19(28)26-11-9-25(10-12-26)17-7-4-15(5-8-17)20(21,22)23/h2-8,14,16H,1,9-13H2,(H,24,27)/t14-,16+/m1/s1. The zero-order chi connectivity index (χ0) is 20.3. The van der Waals surface area contributed by atoms with Crippen molar-refractivity contribution in [1.29, 1.82) is 0 Å². The molecule has 0 radical (unpaired) electrons. The predicted octanol–water partition coefficient (Wildman–Crippen LogP) is 2.60. The van der Waals surface area contributed by atoms with Gasteiger partial charge in [0.25, 0.3) is 0 Å². The first-order valence-corrected chi connectivity index (χ1v) is 9.10. The number of rotatable bonds is 4. The molecule has 8 heteroatoms. The predicted molar refractivity (Wildman–Crippen MR) is 99.6 cm³/mol. The van der Waals surface area contributed by atoms with E-state index in [9.17, 15) is 22.8 Å². The first-order chi connectivity index (χ1) is 13.3. The minimum atomic E-state index is -4.35. The summed E-state index contributed by atoms with van der Waals surface area (Å²) in [7, 11) is 0. The van der Waals surface area contributed by atoms with Gasteiger partial charge in [0.05, 0.1) is 11.5 Å². The van der Waals surface area contributed by atoms with Crippen molar-refractivity contribution in [2.45, 2.75) is 18.6 Å². The van der Waals surface area contributed by atoms with E-state index in [4.69, 9.17) is 0 Å². The van der Waals surface area contributed by atoms with Crippen LogP contribution in [0.4, 0.5) is 18.9 Å². The van der Waals surface area contributed by atoms with Crippen molar-refractivity contribution >= 4 is 17.5 Å². The molecular weight excluding hydrogens is 371 g/mol. The average Bonchev–Trinajstić information content (AvgIpc) is 3.15.